The monoisotopic (exact) mass is 418 g/mol. The van der Waals surface area contributed by atoms with Crippen molar-refractivity contribution in [3.63, 3.8) is 0 Å². The van der Waals surface area contributed by atoms with Crippen molar-refractivity contribution >= 4 is 11.6 Å². The van der Waals surface area contributed by atoms with Crippen molar-refractivity contribution in [2.24, 2.45) is 5.84 Å². The van der Waals surface area contributed by atoms with E-state index in [0.717, 1.165) is 0 Å². The van der Waals surface area contributed by atoms with Crippen LogP contribution in [0.15, 0.2) is 67.0 Å². The van der Waals surface area contributed by atoms with Crippen LogP contribution in [0, 0.1) is 0 Å². The standard InChI is InChI=1S/C20H17F3N4O3/c21-20(22,23)30-16-6-3-14(4-7-16)15-5-8-18(24)17(10-15)19(28)27(25)29-12-13-2-1-9-26-11-13/h1-11H,12,24-25H2. The molecule has 2 aromatic carbocycles. The van der Waals surface area contributed by atoms with Crippen LogP contribution in [0.5, 0.6) is 5.75 Å². The van der Waals surface area contributed by atoms with Gasteiger partial charge in [0.25, 0.3) is 5.91 Å². The molecule has 4 N–H and O–H groups in total. The highest BCUT2D eigenvalue weighted by Crippen LogP contribution is 2.28. The van der Waals surface area contributed by atoms with Crippen molar-refractivity contribution < 1.29 is 27.5 Å². The molecular weight excluding hydrogens is 401 g/mol. The summed E-state index contributed by atoms with van der Waals surface area (Å²) < 4.78 is 40.7. The topological polar surface area (TPSA) is 104 Å². The molecule has 7 nitrogen and oxygen atoms in total. The Bertz CT molecular complexity index is 1010. The molecule has 0 bridgehead atoms. The molecule has 0 unspecified atom stereocenters. The fourth-order valence-corrected chi connectivity index (χ4v) is 2.58. The Labute approximate surface area is 169 Å². The van der Waals surface area contributed by atoms with E-state index in [4.69, 9.17) is 16.4 Å². The summed E-state index contributed by atoms with van der Waals surface area (Å²) in [7, 11) is 0. The predicted octanol–water partition coefficient (Wildman–Crippen LogP) is 3.68. The molecule has 0 atom stereocenters. The van der Waals surface area contributed by atoms with Gasteiger partial charge >= 0.3 is 6.36 Å². The van der Waals surface area contributed by atoms with Crippen molar-refractivity contribution in [1.29, 1.82) is 0 Å². The number of carbonyl (C=O) groups excluding carboxylic acids is 1. The second-order valence-corrected chi connectivity index (χ2v) is 6.14. The summed E-state index contributed by atoms with van der Waals surface area (Å²) in [4.78, 5) is 21.8. The van der Waals surface area contributed by atoms with Gasteiger partial charge in [-0.2, -0.15) is 0 Å². The number of rotatable bonds is 6. The predicted molar refractivity (Wildman–Crippen MR) is 102 cm³/mol. The van der Waals surface area contributed by atoms with Crippen LogP contribution in [0.3, 0.4) is 0 Å². The van der Waals surface area contributed by atoms with Gasteiger partial charge in [-0.1, -0.05) is 24.3 Å². The Morgan fingerprint density at radius 1 is 1.07 bits per heavy atom. The summed E-state index contributed by atoms with van der Waals surface area (Å²) in [6.45, 7) is 0.0241. The highest BCUT2D eigenvalue weighted by atomic mass is 19.4. The molecule has 0 saturated heterocycles. The normalized spacial score (nSPS) is 11.2. The molecule has 0 saturated carbocycles. The second-order valence-electron chi connectivity index (χ2n) is 6.14. The fraction of sp³-hybridized carbons (Fsp3) is 0.100. The highest BCUT2D eigenvalue weighted by molar-refractivity contribution is 5.99. The molecule has 0 aliphatic rings. The third-order valence-electron chi connectivity index (χ3n) is 4.00. The van der Waals surface area contributed by atoms with Gasteiger partial charge in [-0.15, -0.1) is 18.3 Å². The lowest BCUT2D eigenvalue weighted by atomic mass is 10.0. The minimum absolute atomic E-state index is 0.0241. The molecule has 1 heterocycles. The van der Waals surface area contributed by atoms with E-state index < -0.39 is 12.3 Å². The number of amides is 1. The van der Waals surface area contributed by atoms with E-state index in [-0.39, 0.29) is 23.6 Å². The summed E-state index contributed by atoms with van der Waals surface area (Å²) in [5.74, 6) is 4.66. The highest BCUT2D eigenvalue weighted by Gasteiger charge is 2.31. The Morgan fingerprint density at radius 2 is 1.77 bits per heavy atom. The van der Waals surface area contributed by atoms with E-state index in [1.807, 2.05) is 0 Å². The van der Waals surface area contributed by atoms with Crippen molar-refractivity contribution in [1.82, 2.24) is 10.2 Å². The molecule has 0 fully saturated rings. The van der Waals surface area contributed by atoms with Crippen LogP contribution in [0.1, 0.15) is 15.9 Å². The molecule has 30 heavy (non-hydrogen) atoms. The summed E-state index contributed by atoms with van der Waals surface area (Å²) >= 11 is 0. The number of ether oxygens (including phenoxy) is 1. The van der Waals surface area contributed by atoms with Crippen molar-refractivity contribution in [2.45, 2.75) is 13.0 Å². The minimum Gasteiger partial charge on any atom is -0.406 e. The number of alkyl halides is 3. The molecule has 3 aromatic rings. The molecule has 0 radical (unpaired) electrons. The van der Waals surface area contributed by atoms with Crippen LogP contribution < -0.4 is 16.3 Å². The van der Waals surface area contributed by atoms with Gasteiger partial charge in [-0.3, -0.25) is 14.6 Å². The number of anilines is 1. The van der Waals surface area contributed by atoms with Gasteiger partial charge in [-0.25, -0.2) is 5.84 Å². The molecule has 3 rings (SSSR count). The SMILES string of the molecule is Nc1ccc(-c2ccc(OC(F)(F)F)cc2)cc1C(=O)N(N)OCc1cccnc1. The van der Waals surface area contributed by atoms with Crippen LogP contribution in [-0.2, 0) is 11.4 Å². The van der Waals surface area contributed by atoms with Crippen LogP contribution in [0.2, 0.25) is 0 Å². The first-order valence-corrected chi connectivity index (χ1v) is 8.59. The number of benzene rings is 2. The van der Waals surface area contributed by atoms with Crippen molar-refractivity contribution in [2.75, 3.05) is 5.73 Å². The molecular formula is C20H17F3N4O3. The van der Waals surface area contributed by atoms with Crippen LogP contribution in [0.4, 0.5) is 18.9 Å². The average molecular weight is 418 g/mol. The summed E-state index contributed by atoms with van der Waals surface area (Å²) in [6, 6.07) is 13.3. The van der Waals surface area contributed by atoms with Crippen molar-refractivity contribution in [3.05, 3.63) is 78.1 Å². The zero-order chi connectivity index (χ0) is 21.7. The lowest BCUT2D eigenvalue weighted by Gasteiger charge is -2.17. The Balaban J connectivity index is 1.75. The molecule has 1 amide bonds. The maximum absolute atomic E-state index is 12.6. The fourth-order valence-electron chi connectivity index (χ4n) is 2.58. The number of nitrogen functional groups attached to an aromatic ring is 1. The smallest absolute Gasteiger partial charge is 0.406 e. The first kappa shape index (κ1) is 21.1. The van der Waals surface area contributed by atoms with Crippen LogP contribution in [0.25, 0.3) is 11.1 Å². The zero-order valence-electron chi connectivity index (χ0n) is 15.5. The lowest BCUT2D eigenvalue weighted by Crippen LogP contribution is -2.37. The number of nitrogens with zero attached hydrogens (tertiary/aromatic N) is 2. The maximum atomic E-state index is 12.6. The van der Waals surface area contributed by atoms with E-state index in [9.17, 15) is 18.0 Å². The van der Waals surface area contributed by atoms with Gasteiger partial charge < -0.3 is 10.5 Å². The van der Waals surface area contributed by atoms with E-state index in [0.29, 0.717) is 21.9 Å². The zero-order valence-corrected chi connectivity index (χ0v) is 15.5. The number of pyridine rings is 1. The third-order valence-corrected chi connectivity index (χ3v) is 4.00. The van der Waals surface area contributed by atoms with E-state index >= 15 is 0 Å². The number of hydrogen-bond acceptors (Lipinski definition) is 6. The first-order chi connectivity index (χ1) is 14.2. The minimum atomic E-state index is -4.78. The van der Waals surface area contributed by atoms with Gasteiger partial charge in [0.15, 0.2) is 0 Å². The van der Waals surface area contributed by atoms with E-state index in [1.54, 1.807) is 30.6 Å². The Kier molecular flexibility index (Phi) is 6.19. The summed E-state index contributed by atoms with van der Waals surface area (Å²) in [6.07, 6.45) is -1.61. The van der Waals surface area contributed by atoms with E-state index in [1.165, 1.54) is 36.4 Å². The van der Waals surface area contributed by atoms with Gasteiger partial charge in [-0.05, 0) is 47.0 Å². The Morgan fingerprint density at radius 3 is 2.40 bits per heavy atom. The summed E-state index contributed by atoms with van der Waals surface area (Å²) in [5.41, 5.74) is 7.96. The number of hydrogen-bond donors (Lipinski definition) is 2. The van der Waals surface area contributed by atoms with Gasteiger partial charge in [0.1, 0.15) is 12.4 Å². The third kappa shape index (κ3) is 5.46. The number of hydroxylamine groups is 1. The number of aromatic nitrogens is 1. The lowest BCUT2D eigenvalue weighted by molar-refractivity contribution is -0.274. The van der Waals surface area contributed by atoms with Gasteiger partial charge in [0.2, 0.25) is 0 Å². The number of halogens is 3. The van der Waals surface area contributed by atoms with Crippen LogP contribution in [-0.4, -0.2) is 22.4 Å². The molecule has 0 spiro atoms. The molecule has 1 aromatic heterocycles. The van der Waals surface area contributed by atoms with Gasteiger partial charge in [0, 0.05) is 18.1 Å². The average Bonchev–Trinajstić information content (AvgIpc) is 2.72. The molecule has 0 aliphatic carbocycles. The maximum Gasteiger partial charge on any atom is 0.573 e. The second kappa shape index (κ2) is 8.80. The van der Waals surface area contributed by atoms with Crippen LogP contribution >= 0.6 is 0 Å². The number of hydrazine groups is 1. The Hall–Kier alpha value is -3.63. The number of carbonyl (C=O) groups is 1. The molecule has 10 heteroatoms. The first-order valence-electron chi connectivity index (χ1n) is 8.59. The summed E-state index contributed by atoms with van der Waals surface area (Å²) in [5, 5.41) is 0.572. The number of nitrogens with two attached hydrogens (primary N) is 2. The van der Waals surface area contributed by atoms with Gasteiger partial charge in [0.05, 0.1) is 5.56 Å². The van der Waals surface area contributed by atoms with E-state index in [2.05, 4.69) is 9.72 Å². The molecule has 156 valence electrons. The largest absolute Gasteiger partial charge is 0.573 e. The van der Waals surface area contributed by atoms with Crippen molar-refractivity contribution in [3.8, 4) is 16.9 Å². The quantitative estimate of drug-likeness (QED) is 0.274. The molecule has 0 aliphatic heterocycles.